The molecule has 0 aliphatic heterocycles. The Labute approximate surface area is 247 Å². The van der Waals surface area contributed by atoms with Crippen molar-refractivity contribution in [3.8, 4) is 6.07 Å². The van der Waals surface area contributed by atoms with Gasteiger partial charge in [0.05, 0.1) is 0 Å². The summed E-state index contributed by atoms with van der Waals surface area (Å²) < 4.78 is 104. The Morgan fingerprint density at radius 1 is 0.721 bits per heavy atom. The lowest BCUT2D eigenvalue weighted by atomic mass is 9.73. The molecule has 8 heteroatoms. The lowest BCUT2D eigenvalue weighted by molar-refractivity contribution is 0.353. The highest BCUT2D eigenvalue weighted by Gasteiger charge is 2.35. The number of halogens is 7. The maximum absolute atomic E-state index is 15.8. The van der Waals surface area contributed by atoms with E-state index in [2.05, 4.69) is 0 Å². The van der Waals surface area contributed by atoms with Gasteiger partial charge in [0.1, 0.15) is 40.7 Å². The molecule has 0 radical (unpaired) electrons. The number of fused-ring (bicyclic) bond motifs is 1. The molecule has 0 aromatic heterocycles. The zero-order valence-corrected chi connectivity index (χ0v) is 24.1. The van der Waals surface area contributed by atoms with Gasteiger partial charge in [0.15, 0.2) is 11.6 Å². The fraction of sp³-hybridized carbons (Fsp3) is 0.457. The van der Waals surface area contributed by atoms with Crippen LogP contribution in [-0.2, 0) is 25.7 Å². The highest BCUT2D eigenvalue weighted by Crippen LogP contribution is 2.45. The van der Waals surface area contributed by atoms with Gasteiger partial charge in [0.2, 0.25) is 0 Å². The molecule has 1 nitrogen and oxygen atoms in total. The predicted molar refractivity (Wildman–Crippen MR) is 150 cm³/mol. The van der Waals surface area contributed by atoms with Crippen LogP contribution < -0.4 is 0 Å². The summed E-state index contributed by atoms with van der Waals surface area (Å²) in [5, 5.41) is 8.90. The van der Waals surface area contributed by atoms with E-state index in [-0.39, 0.29) is 53.4 Å². The van der Waals surface area contributed by atoms with Crippen molar-refractivity contribution in [2.45, 2.75) is 95.8 Å². The maximum atomic E-state index is 15.8. The van der Waals surface area contributed by atoms with E-state index in [1.807, 2.05) is 6.92 Å². The third-order valence-electron chi connectivity index (χ3n) is 9.46. The molecule has 1 fully saturated rings. The first kappa shape index (κ1) is 31.1. The van der Waals surface area contributed by atoms with Gasteiger partial charge in [-0.15, -0.1) is 0 Å². The van der Waals surface area contributed by atoms with Crippen molar-refractivity contribution in [3.63, 3.8) is 0 Å². The van der Waals surface area contributed by atoms with E-state index >= 15 is 13.2 Å². The Hall–Kier alpha value is -3.34. The molecule has 43 heavy (non-hydrogen) atoms. The minimum atomic E-state index is -1.20. The number of rotatable bonds is 8. The molecule has 0 N–H and O–H groups in total. The second-order valence-electron chi connectivity index (χ2n) is 12.1. The molecule has 1 unspecified atom stereocenters. The Morgan fingerprint density at radius 2 is 1.35 bits per heavy atom. The summed E-state index contributed by atoms with van der Waals surface area (Å²) in [6.45, 7) is 2.00. The van der Waals surface area contributed by atoms with Crippen LogP contribution in [0.2, 0.25) is 0 Å². The molecule has 3 aromatic carbocycles. The molecule has 0 bridgehead atoms. The van der Waals surface area contributed by atoms with Crippen LogP contribution in [-0.4, -0.2) is 0 Å². The second kappa shape index (κ2) is 13.1. The molecule has 2 aliphatic rings. The van der Waals surface area contributed by atoms with Gasteiger partial charge in [-0.3, -0.25) is 0 Å². The molecule has 5 rings (SSSR count). The van der Waals surface area contributed by atoms with Crippen molar-refractivity contribution >= 4 is 0 Å². The Kier molecular flexibility index (Phi) is 9.48. The van der Waals surface area contributed by atoms with Gasteiger partial charge < -0.3 is 0 Å². The number of benzene rings is 3. The van der Waals surface area contributed by atoms with Gasteiger partial charge in [-0.05, 0) is 135 Å². The number of unbranched alkanes of at least 4 members (excludes halogenated alkanes) is 1. The highest BCUT2D eigenvalue weighted by atomic mass is 19.2. The number of nitriles is 1. The molecule has 0 heterocycles. The molecule has 2 aliphatic carbocycles. The minimum Gasteiger partial charge on any atom is -0.207 e. The first-order chi connectivity index (χ1) is 20.6. The van der Waals surface area contributed by atoms with Crippen molar-refractivity contribution in [2.24, 2.45) is 5.92 Å². The van der Waals surface area contributed by atoms with Crippen LogP contribution in [0.25, 0.3) is 0 Å². The van der Waals surface area contributed by atoms with Crippen LogP contribution in [0.15, 0.2) is 24.3 Å². The van der Waals surface area contributed by atoms with E-state index in [1.165, 1.54) is 18.2 Å². The third kappa shape index (κ3) is 6.32. The van der Waals surface area contributed by atoms with Crippen molar-refractivity contribution in [2.75, 3.05) is 0 Å². The molecule has 0 spiro atoms. The summed E-state index contributed by atoms with van der Waals surface area (Å²) in [5.41, 5.74) is 0.247. The van der Waals surface area contributed by atoms with E-state index in [0.717, 1.165) is 25.0 Å². The predicted octanol–water partition coefficient (Wildman–Crippen LogP) is 10.1. The minimum absolute atomic E-state index is 0.00285. The van der Waals surface area contributed by atoms with Gasteiger partial charge in [0.25, 0.3) is 0 Å². The molecule has 0 saturated heterocycles. The zero-order valence-electron chi connectivity index (χ0n) is 24.1. The summed E-state index contributed by atoms with van der Waals surface area (Å²) >= 11 is 0. The zero-order chi connectivity index (χ0) is 30.8. The average Bonchev–Trinajstić information content (AvgIpc) is 2.98. The smallest absolute Gasteiger partial charge is 0.165 e. The van der Waals surface area contributed by atoms with Crippen LogP contribution in [0.3, 0.4) is 0 Å². The number of aryl methyl sites for hydroxylation is 1. The summed E-state index contributed by atoms with van der Waals surface area (Å²) in [4.78, 5) is 0. The van der Waals surface area contributed by atoms with Crippen LogP contribution >= 0.6 is 0 Å². The fourth-order valence-corrected chi connectivity index (χ4v) is 7.01. The monoisotopic (exact) mass is 601 g/mol. The standard InChI is InChI=1S/C35H34F7N/c1-2-3-4-20-14-28(36)25(29(37)15-20)12-6-19-5-11-24-26(13-19)34(41)35(42)32(33(24)40)22-9-7-21(8-10-22)23-16-30(38)27(18-43)31(39)17-23/h14-17,19,21-22H,2-13H2,1H3. The van der Waals surface area contributed by atoms with E-state index < -0.39 is 52.2 Å². The van der Waals surface area contributed by atoms with Crippen molar-refractivity contribution < 1.29 is 30.7 Å². The van der Waals surface area contributed by atoms with E-state index in [0.29, 0.717) is 56.1 Å². The molecule has 3 aromatic rings. The molecular formula is C35H34F7N. The summed E-state index contributed by atoms with van der Waals surface area (Å²) in [7, 11) is 0. The van der Waals surface area contributed by atoms with Gasteiger partial charge in [-0.1, -0.05) is 13.3 Å². The Bertz CT molecular complexity index is 1500. The van der Waals surface area contributed by atoms with E-state index in [9.17, 15) is 17.6 Å². The SMILES string of the molecule is CCCCc1cc(F)c(CCC2CCc3c(F)c(C4CCC(c5cc(F)c(C#N)c(F)c5)CC4)c(F)c(F)c3C2)c(F)c1. The normalized spacial score (nSPS) is 20.1. The van der Waals surface area contributed by atoms with Crippen LogP contribution in [0.4, 0.5) is 30.7 Å². The summed E-state index contributed by atoms with van der Waals surface area (Å²) in [5.74, 6) is -7.07. The molecule has 1 saturated carbocycles. The highest BCUT2D eigenvalue weighted by molar-refractivity contribution is 5.41. The van der Waals surface area contributed by atoms with Crippen molar-refractivity contribution in [1.29, 1.82) is 5.26 Å². The molecule has 1 atom stereocenters. The molecular weight excluding hydrogens is 567 g/mol. The largest absolute Gasteiger partial charge is 0.207 e. The first-order valence-corrected chi connectivity index (χ1v) is 15.2. The summed E-state index contributed by atoms with van der Waals surface area (Å²) in [6, 6.07) is 6.49. The quantitative estimate of drug-likeness (QED) is 0.186. The van der Waals surface area contributed by atoms with Gasteiger partial charge in [0, 0.05) is 11.1 Å². The van der Waals surface area contributed by atoms with Crippen LogP contribution in [0.5, 0.6) is 0 Å². The number of hydrogen-bond donors (Lipinski definition) is 0. The lowest BCUT2D eigenvalue weighted by Gasteiger charge is -2.32. The van der Waals surface area contributed by atoms with Gasteiger partial charge in [-0.2, -0.15) is 5.26 Å². The molecule has 228 valence electrons. The fourth-order valence-electron chi connectivity index (χ4n) is 7.01. The second-order valence-corrected chi connectivity index (χ2v) is 12.1. The number of hydrogen-bond acceptors (Lipinski definition) is 1. The number of nitrogens with zero attached hydrogens (tertiary/aromatic N) is 1. The van der Waals surface area contributed by atoms with E-state index in [4.69, 9.17) is 5.26 Å². The Morgan fingerprint density at radius 3 is 1.95 bits per heavy atom. The maximum Gasteiger partial charge on any atom is 0.165 e. The van der Waals surface area contributed by atoms with E-state index in [1.54, 1.807) is 0 Å². The van der Waals surface area contributed by atoms with Crippen molar-refractivity contribution in [1.82, 2.24) is 0 Å². The third-order valence-corrected chi connectivity index (χ3v) is 9.46. The van der Waals surface area contributed by atoms with Gasteiger partial charge >= 0.3 is 0 Å². The lowest BCUT2D eigenvalue weighted by Crippen LogP contribution is -2.23. The van der Waals surface area contributed by atoms with Gasteiger partial charge in [-0.25, -0.2) is 30.7 Å². The Balaban J connectivity index is 1.27. The topological polar surface area (TPSA) is 23.8 Å². The first-order valence-electron chi connectivity index (χ1n) is 15.2. The van der Waals surface area contributed by atoms with Crippen LogP contribution in [0.1, 0.15) is 109 Å². The average molecular weight is 602 g/mol. The van der Waals surface area contributed by atoms with Crippen molar-refractivity contribution in [3.05, 3.63) is 104 Å². The summed E-state index contributed by atoms with van der Waals surface area (Å²) in [6.07, 6.45) is 5.07. The molecule has 0 amide bonds. The van der Waals surface area contributed by atoms with Crippen LogP contribution in [0, 0.1) is 58.0 Å².